The number of carbonyl (C=O) groups is 1. The molecule has 98 valence electrons. The number of hydrogen-bond acceptors (Lipinski definition) is 2. The van der Waals surface area contributed by atoms with E-state index in [-0.39, 0.29) is 11.6 Å². The largest absolute Gasteiger partial charge is 0.460 e. The second-order valence-electron chi connectivity index (χ2n) is 6.98. The minimum atomic E-state index is -0.334. The van der Waals surface area contributed by atoms with E-state index < -0.39 is 0 Å². The van der Waals surface area contributed by atoms with Crippen LogP contribution in [-0.2, 0) is 9.53 Å². The Hall–Kier alpha value is -0.530. The fraction of sp³-hybridized carbons (Fsp3) is 0.933. The van der Waals surface area contributed by atoms with Gasteiger partial charge in [0, 0.05) is 0 Å². The molecule has 2 heteroatoms. The summed E-state index contributed by atoms with van der Waals surface area (Å²) in [7, 11) is 0. The summed E-state index contributed by atoms with van der Waals surface area (Å²) in [4.78, 5) is 11.9. The third kappa shape index (κ3) is 3.46. The van der Waals surface area contributed by atoms with Gasteiger partial charge in [0.05, 0.1) is 6.42 Å². The molecule has 2 aliphatic carbocycles. The molecule has 0 saturated heterocycles. The van der Waals surface area contributed by atoms with Crippen LogP contribution in [0.4, 0.5) is 0 Å². The zero-order valence-electron chi connectivity index (χ0n) is 11.6. The quantitative estimate of drug-likeness (QED) is 0.678. The van der Waals surface area contributed by atoms with Crippen molar-refractivity contribution in [2.45, 2.75) is 77.7 Å². The van der Waals surface area contributed by atoms with Crippen molar-refractivity contribution in [2.24, 2.45) is 11.3 Å². The Morgan fingerprint density at radius 2 is 1.94 bits per heavy atom. The highest BCUT2D eigenvalue weighted by Crippen LogP contribution is 2.61. The summed E-state index contributed by atoms with van der Waals surface area (Å²) in [6.07, 6.45) is 9.92. The minimum Gasteiger partial charge on any atom is -0.460 e. The van der Waals surface area contributed by atoms with Crippen molar-refractivity contribution >= 4 is 5.97 Å². The molecule has 2 rings (SSSR count). The van der Waals surface area contributed by atoms with Crippen molar-refractivity contribution in [3.63, 3.8) is 0 Å². The van der Waals surface area contributed by atoms with Gasteiger partial charge in [0.1, 0.15) is 5.60 Å². The van der Waals surface area contributed by atoms with Crippen molar-refractivity contribution < 1.29 is 9.53 Å². The van der Waals surface area contributed by atoms with Crippen LogP contribution in [0.5, 0.6) is 0 Å². The van der Waals surface area contributed by atoms with Crippen LogP contribution in [0.25, 0.3) is 0 Å². The zero-order valence-corrected chi connectivity index (χ0v) is 11.6. The molecule has 0 aromatic carbocycles. The van der Waals surface area contributed by atoms with Crippen molar-refractivity contribution in [1.29, 1.82) is 0 Å². The van der Waals surface area contributed by atoms with Crippen LogP contribution in [0.15, 0.2) is 0 Å². The lowest BCUT2D eigenvalue weighted by Crippen LogP contribution is -2.26. The van der Waals surface area contributed by atoms with Gasteiger partial charge in [-0.1, -0.05) is 25.7 Å². The molecule has 0 amide bonds. The molecule has 0 aromatic heterocycles. The molecule has 2 aliphatic rings. The first kappa shape index (κ1) is 12.9. The molecule has 0 aromatic rings. The topological polar surface area (TPSA) is 26.3 Å². The van der Waals surface area contributed by atoms with E-state index in [1.807, 2.05) is 20.8 Å². The fourth-order valence-corrected chi connectivity index (χ4v) is 3.34. The van der Waals surface area contributed by atoms with Crippen LogP contribution in [-0.4, -0.2) is 11.6 Å². The Morgan fingerprint density at radius 3 is 2.65 bits per heavy atom. The van der Waals surface area contributed by atoms with Crippen molar-refractivity contribution in [2.75, 3.05) is 0 Å². The molecular formula is C15H26O2. The molecule has 0 aliphatic heterocycles. The van der Waals surface area contributed by atoms with Crippen molar-refractivity contribution in [3.8, 4) is 0 Å². The highest BCUT2D eigenvalue weighted by atomic mass is 16.6. The second kappa shape index (κ2) is 4.62. The van der Waals surface area contributed by atoms with Crippen LogP contribution in [0, 0.1) is 11.3 Å². The minimum absolute atomic E-state index is 0.0144. The van der Waals surface area contributed by atoms with E-state index in [4.69, 9.17) is 4.74 Å². The summed E-state index contributed by atoms with van der Waals surface area (Å²) in [6.45, 7) is 5.85. The number of esters is 1. The smallest absolute Gasteiger partial charge is 0.306 e. The Balaban J connectivity index is 1.87. The van der Waals surface area contributed by atoms with E-state index in [2.05, 4.69) is 0 Å². The van der Waals surface area contributed by atoms with E-state index in [0.717, 1.165) is 5.92 Å². The number of rotatable bonds is 2. The van der Waals surface area contributed by atoms with Gasteiger partial charge in [-0.05, 0) is 51.4 Å². The average molecular weight is 238 g/mol. The summed E-state index contributed by atoms with van der Waals surface area (Å²) in [5.41, 5.74) is 0.00246. The van der Waals surface area contributed by atoms with Gasteiger partial charge in [0.15, 0.2) is 0 Å². The molecule has 0 spiro atoms. The van der Waals surface area contributed by atoms with Gasteiger partial charge in [-0.15, -0.1) is 0 Å². The predicted octanol–water partition coefficient (Wildman–Crippen LogP) is 4.08. The summed E-state index contributed by atoms with van der Waals surface area (Å²) >= 11 is 0. The van der Waals surface area contributed by atoms with Gasteiger partial charge < -0.3 is 4.74 Å². The molecule has 0 bridgehead atoms. The molecule has 2 atom stereocenters. The van der Waals surface area contributed by atoms with E-state index in [1.54, 1.807) is 0 Å². The van der Waals surface area contributed by atoms with Crippen molar-refractivity contribution in [3.05, 3.63) is 0 Å². The first-order valence-corrected chi connectivity index (χ1v) is 7.13. The lowest BCUT2D eigenvalue weighted by atomic mass is 9.88. The SMILES string of the molecule is CC(C)(C)OC(=O)CC12CCCCCCC1C2. The second-order valence-corrected chi connectivity index (χ2v) is 6.98. The zero-order chi connectivity index (χ0) is 12.5. The summed E-state index contributed by atoms with van der Waals surface area (Å²) < 4.78 is 5.47. The predicted molar refractivity (Wildman–Crippen MR) is 68.7 cm³/mol. The number of hydrogen-bond donors (Lipinski definition) is 0. The summed E-state index contributed by atoms with van der Waals surface area (Å²) in [5, 5.41) is 0. The maximum Gasteiger partial charge on any atom is 0.306 e. The maximum absolute atomic E-state index is 11.9. The van der Waals surface area contributed by atoms with E-state index in [9.17, 15) is 4.79 Å². The first-order valence-electron chi connectivity index (χ1n) is 7.13. The molecule has 2 unspecified atom stereocenters. The van der Waals surface area contributed by atoms with Gasteiger partial charge in [-0.3, -0.25) is 4.79 Å². The van der Waals surface area contributed by atoms with Gasteiger partial charge in [0.2, 0.25) is 0 Å². The molecule has 17 heavy (non-hydrogen) atoms. The molecular weight excluding hydrogens is 212 g/mol. The average Bonchev–Trinajstić information content (AvgIpc) is 2.74. The number of carbonyl (C=O) groups excluding carboxylic acids is 1. The molecule has 2 nitrogen and oxygen atoms in total. The standard InChI is InChI=1S/C15H26O2/c1-14(2,3)17-13(16)11-15-9-7-5-4-6-8-12(15)10-15/h12H,4-11H2,1-3H3. The normalized spacial score (nSPS) is 33.2. The molecule has 2 saturated carbocycles. The van der Waals surface area contributed by atoms with Gasteiger partial charge in [-0.25, -0.2) is 0 Å². The molecule has 0 radical (unpaired) electrons. The molecule has 2 fully saturated rings. The molecule has 0 N–H and O–H groups in total. The monoisotopic (exact) mass is 238 g/mol. The summed E-state index contributed by atoms with van der Waals surface area (Å²) in [6, 6.07) is 0. The third-order valence-electron chi connectivity index (χ3n) is 4.25. The van der Waals surface area contributed by atoms with Crippen LogP contribution in [0.1, 0.15) is 72.1 Å². The Labute approximate surface area is 105 Å². The Bertz CT molecular complexity index is 290. The van der Waals surface area contributed by atoms with Crippen LogP contribution in [0.2, 0.25) is 0 Å². The van der Waals surface area contributed by atoms with Gasteiger partial charge >= 0.3 is 5.97 Å². The third-order valence-corrected chi connectivity index (χ3v) is 4.25. The van der Waals surface area contributed by atoms with E-state index in [1.165, 1.54) is 44.9 Å². The Morgan fingerprint density at radius 1 is 1.24 bits per heavy atom. The van der Waals surface area contributed by atoms with E-state index >= 15 is 0 Å². The lowest BCUT2D eigenvalue weighted by molar-refractivity contribution is -0.156. The number of fused-ring (bicyclic) bond motifs is 1. The van der Waals surface area contributed by atoms with Crippen LogP contribution >= 0.6 is 0 Å². The fourth-order valence-electron chi connectivity index (χ4n) is 3.34. The van der Waals surface area contributed by atoms with Crippen molar-refractivity contribution in [1.82, 2.24) is 0 Å². The van der Waals surface area contributed by atoms with Gasteiger partial charge in [-0.2, -0.15) is 0 Å². The van der Waals surface area contributed by atoms with Crippen LogP contribution < -0.4 is 0 Å². The lowest BCUT2D eigenvalue weighted by Gasteiger charge is -2.23. The van der Waals surface area contributed by atoms with Crippen LogP contribution in [0.3, 0.4) is 0 Å². The van der Waals surface area contributed by atoms with Gasteiger partial charge in [0.25, 0.3) is 0 Å². The first-order chi connectivity index (χ1) is 7.91. The Kier molecular flexibility index (Phi) is 3.51. The highest BCUT2D eigenvalue weighted by Gasteiger charge is 2.54. The molecule has 0 heterocycles. The van der Waals surface area contributed by atoms with E-state index in [0.29, 0.717) is 11.8 Å². The maximum atomic E-state index is 11.9. The number of ether oxygens (including phenoxy) is 1. The summed E-state index contributed by atoms with van der Waals surface area (Å²) in [5.74, 6) is 0.830. The highest BCUT2D eigenvalue weighted by molar-refractivity contribution is 5.71.